The van der Waals surface area contributed by atoms with E-state index in [0.717, 1.165) is 42.5 Å². The zero-order valence-corrected chi connectivity index (χ0v) is 15.8. The van der Waals surface area contributed by atoms with Crippen LogP contribution in [0, 0.1) is 5.82 Å². The van der Waals surface area contributed by atoms with Gasteiger partial charge in [-0.3, -0.25) is 4.79 Å². The number of hydrogen-bond donors (Lipinski definition) is 1. The van der Waals surface area contributed by atoms with Gasteiger partial charge in [-0.1, -0.05) is 50.1 Å². The number of unbranched alkanes of at least 4 members (excludes halogenated alkanes) is 1. The van der Waals surface area contributed by atoms with Crippen molar-refractivity contribution in [1.82, 2.24) is 9.88 Å². The number of amides is 1. The number of aromatic amines is 1. The number of hydrogen-bond acceptors (Lipinski definition) is 1. The molecule has 1 aliphatic rings. The Labute approximate surface area is 159 Å². The molecular formula is C23H25FN2O. The van der Waals surface area contributed by atoms with Crippen molar-refractivity contribution in [2.75, 3.05) is 0 Å². The summed E-state index contributed by atoms with van der Waals surface area (Å²) in [5.41, 5.74) is 4.39. The van der Waals surface area contributed by atoms with Crippen LogP contribution in [0.3, 0.4) is 0 Å². The van der Waals surface area contributed by atoms with E-state index in [2.05, 4.69) is 30.1 Å². The summed E-state index contributed by atoms with van der Waals surface area (Å²) in [6.45, 7) is 3.82. The summed E-state index contributed by atoms with van der Waals surface area (Å²) in [7, 11) is 0. The molecule has 0 spiro atoms. The molecule has 2 heterocycles. The number of nitrogens with zero attached hydrogens (tertiary/aromatic N) is 1. The number of halogens is 1. The van der Waals surface area contributed by atoms with Gasteiger partial charge in [0.25, 0.3) is 0 Å². The van der Waals surface area contributed by atoms with Crippen molar-refractivity contribution < 1.29 is 9.18 Å². The van der Waals surface area contributed by atoms with Crippen molar-refractivity contribution in [2.45, 2.75) is 51.6 Å². The van der Waals surface area contributed by atoms with Crippen LogP contribution in [0.4, 0.5) is 4.39 Å². The third-order valence-electron chi connectivity index (χ3n) is 5.67. The van der Waals surface area contributed by atoms with Crippen molar-refractivity contribution in [2.24, 2.45) is 0 Å². The first-order valence-corrected chi connectivity index (χ1v) is 9.74. The average molecular weight is 364 g/mol. The lowest BCUT2D eigenvalue weighted by Gasteiger charge is -2.42. The van der Waals surface area contributed by atoms with E-state index in [4.69, 9.17) is 0 Å². The van der Waals surface area contributed by atoms with Crippen molar-refractivity contribution in [1.29, 1.82) is 0 Å². The van der Waals surface area contributed by atoms with Gasteiger partial charge in [0, 0.05) is 29.6 Å². The van der Waals surface area contributed by atoms with Crippen LogP contribution in [0.1, 0.15) is 56.0 Å². The molecule has 2 atom stereocenters. The molecular weight excluding hydrogens is 339 g/mol. The molecule has 0 unspecified atom stereocenters. The van der Waals surface area contributed by atoms with Gasteiger partial charge in [0.05, 0.1) is 6.04 Å². The van der Waals surface area contributed by atoms with Gasteiger partial charge in [-0.05, 0) is 42.2 Å². The highest BCUT2D eigenvalue weighted by atomic mass is 19.1. The van der Waals surface area contributed by atoms with Crippen LogP contribution in [0.5, 0.6) is 0 Å². The molecule has 3 nitrogen and oxygen atoms in total. The van der Waals surface area contributed by atoms with Crippen LogP contribution in [0.25, 0.3) is 10.9 Å². The fourth-order valence-corrected chi connectivity index (χ4v) is 4.45. The Morgan fingerprint density at radius 3 is 2.63 bits per heavy atom. The Bertz CT molecular complexity index is 960. The summed E-state index contributed by atoms with van der Waals surface area (Å²) in [5, 5.41) is 1.23. The summed E-state index contributed by atoms with van der Waals surface area (Å²) in [6.07, 6.45) is 4.02. The van der Waals surface area contributed by atoms with E-state index in [1.54, 1.807) is 19.1 Å². The van der Waals surface area contributed by atoms with Gasteiger partial charge in [0.15, 0.2) is 0 Å². The second-order valence-electron chi connectivity index (χ2n) is 7.44. The number of carbonyl (C=O) groups excluding carboxylic acids is 1. The van der Waals surface area contributed by atoms with E-state index in [1.807, 2.05) is 11.0 Å². The van der Waals surface area contributed by atoms with Gasteiger partial charge < -0.3 is 9.88 Å². The van der Waals surface area contributed by atoms with Crippen molar-refractivity contribution >= 4 is 16.8 Å². The Morgan fingerprint density at radius 2 is 1.93 bits per heavy atom. The summed E-state index contributed by atoms with van der Waals surface area (Å²) < 4.78 is 13.5. The largest absolute Gasteiger partial charge is 0.356 e. The molecule has 140 valence electrons. The third-order valence-corrected chi connectivity index (χ3v) is 5.67. The van der Waals surface area contributed by atoms with Gasteiger partial charge in [-0.2, -0.15) is 0 Å². The Hall–Kier alpha value is -2.62. The molecule has 4 heteroatoms. The average Bonchev–Trinajstić information content (AvgIpc) is 3.04. The first-order valence-electron chi connectivity index (χ1n) is 9.74. The van der Waals surface area contributed by atoms with Crippen molar-refractivity contribution in [3.63, 3.8) is 0 Å². The van der Waals surface area contributed by atoms with Crippen molar-refractivity contribution in [3.8, 4) is 0 Å². The zero-order chi connectivity index (χ0) is 19.0. The summed E-state index contributed by atoms with van der Waals surface area (Å²) in [5.74, 6) is -0.196. The summed E-state index contributed by atoms with van der Waals surface area (Å²) in [6, 6.07) is 14.8. The molecule has 1 aromatic heterocycles. The Balaban J connectivity index is 1.91. The van der Waals surface area contributed by atoms with Gasteiger partial charge in [-0.25, -0.2) is 4.39 Å². The number of benzene rings is 2. The number of aromatic nitrogens is 1. The van der Waals surface area contributed by atoms with Crippen LogP contribution < -0.4 is 0 Å². The van der Waals surface area contributed by atoms with Crippen molar-refractivity contribution in [3.05, 3.63) is 71.2 Å². The van der Waals surface area contributed by atoms with Gasteiger partial charge in [-0.15, -0.1) is 0 Å². The quantitative estimate of drug-likeness (QED) is 0.665. The molecule has 2 aromatic carbocycles. The first-order chi connectivity index (χ1) is 13.1. The minimum atomic E-state index is -0.261. The Kier molecular flexibility index (Phi) is 4.73. The highest BCUT2D eigenvalue weighted by Crippen LogP contribution is 2.41. The molecule has 0 radical (unpaired) electrons. The number of fused-ring (bicyclic) bond motifs is 3. The van der Waals surface area contributed by atoms with E-state index in [0.29, 0.717) is 0 Å². The predicted octanol–water partition coefficient (Wildman–Crippen LogP) is 5.36. The van der Waals surface area contributed by atoms with E-state index >= 15 is 0 Å². The summed E-state index contributed by atoms with van der Waals surface area (Å²) in [4.78, 5) is 18.2. The van der Waals surface area contributed by atoms with E-state index < -0.39 is 0 Å². The third kappa shape index (κ3) is 3.14. The molecule has 1 N–H and O–H groups in total. The standard InChI is InChI=1S/C23H25FN2O/c1-3-4-7-18-14-20-19-8-5-6-9-21(19)25-22(20)23(26(18)15(2)27)16-10-12-17(24)13-11-16/h5-6,8-13,18,23,25H,3-4,7,14H2,1-2H3/t18-,23-/m0/s1. The van der Waals surface area contributed by atoms with Crippen LogP contribution >= 0.6 is 0 Å². The monoisotopic (exact) mass is 364 g/mol. The molecule has 4 rings (SSSR count). The van der Waals surface area contributed by atoms with Gasteiger partial charge in [0.2, 0.25) is 5.91 Å². The maximum atomic E-state index is 13.5. The Morgan fingerprint density at radius 1 is 1.19 bits per heavy atom. The molecule has 0 saturated heterocycles. The van der Waals surface area contributed by atoms with E-state index in [-0.39, 0.29) is 23.8 Å². The van der Waals surface area contributed by atoms with Crippen LogP contribution in [0.2, 0.25) is 0 Å². The molecule has 1 aliphatic heterocycles. The second-order valence-corrected chi connectivity index (χ2v) is 7.44. The number of para-hydroxylation sites is 1. The van der Waals surface area contributed by atoms with E-state index in [1.165, 1.54) is 23.1 Å². The minimum Gasteiger partial charge on any atom is -0.356 e. The lowest BCUT2D eigenvalue weighted by molar-refractivity contribution is -0.134. The lowest BCUT2D eigenvalue weighted by Crippen LogP contribution is -2.46. The first kappa shape index (κ1) is 17.8. The van der Waals surface area contributed by atoms with E-state index in [9.17, 15) is 9.18 Å². The number of carbonyl (C=O) groups is 1. The SMILES string of the molecule is CCCC[C@H]1Cc2c([nH]c3ccccc23)[C@H](c2ccc(F)cc2)N1C(C)=O. The fourth-order valence-electron chi connectivity index (χ4n) is 4.45. The lowest BCUT2D eigenvalue weighted by atomic mass is 9.86. The highest BCUT2D eigenvalue weighted by molar-refractivity contribution is 5.86. The molecule has 0 fully saturated rings. The highest BCUT2D eigenvalue weighted by Gasteiger charge is 2.38. The fraction of sp³-hybridized carbons (Fsp3) is 0.348. The number of rotatable bonds is 4. The summed E-state index contributed by atoms with van der Waals surface area (Å²) >= 11 is 0. The normalized spacial score (nSPS) is 19.3. The van der Waals surface area contributed by atoms with Crippen LogP contribution in [0.15, 0.2) is 48.5 Å². The van der Waals surface area contributed by atoms with Gasteiger partial charge in [0.1, 0.15) is 5.82 Å². The molecule has 0 aliphatic carbocycles. The maximum Gasteiger partial charge on any atom is 0.220 e. The molecule has 27 heavy (non-hydrogen) atoms. The molecule has 0 saturated carbocycles. The number of nitrogens with one attached hydrogen (secondary N) is 1. The molecule has 1 amide bonds. The van der Waals surface area contributed by atoms with Crippen LogP contribution in [-0.2, 0) is 11.2 Å². The molecule has 0 bridgehead atoms. The predicted molar refractivity (Wildman–Crippen MR) is 106 cm³/mol. The minimum absolute atomic E-state index is 0.0646. The van der Waals surface area contributed by atoms with Gasteiger partial charge >= 0.3 is 0 Å². The maximum absolute atomic E-state index is 13.5. The smallest absolute Gasteiger partial charge is 0.220 e. The second kappa shape index (κ2) is 7.18. The van der Waals surface area contributed by atoms with Crippen LogP contribution in [-0.4, -0.2) is 21.8 Å². The molecule has 3 aromatic rings. The topological polar surface area (TPSA) is 36.1 Å². The number of H-pyrrole nitrogens is 1. The zero-order valence-electron chi connectivity index (χ0n) is 15.8.